The molecule has 51 heavy (non-hydrogen) atoms. The van der Waals surface area contributed by atoms with E-state index in [0.29, 0.717) is 58.7 Å². The Hall–Kier alpha value is -5.00. The summed E-state index contributed by atoms with van der Waals surface area (Å²) < 4.78 is 41.6. The monoisotopic (exact) mass is 698 g/mol. The third-order valence-electron chi connectivity index (χ3n) is 10.8. The van der Waals surface area contributed by atoms with Crippen LogP contribution in [-0.4, -0.2) is 89.9 Å². The fourth-order valence-electron chi connectivity index (χ4n) is 8.25. The highest BCUT2D eigenvalue weighted by molar-refractivity contribution is 5.91. The van der Waals surface area contributed by atoms with Gasteiger partial charge in [-0.2, -0.15) is 0 Å². The predicted octanol–water partition coefficient (Wildman–Crippen LogP) is 6.47. The van der Waals surface area contributed by atoms with E-state index in [1.807, 2.05) is 30.3 Å². The lowest BCUT2D eigenvalue weighted by atomic mass is 9.75. The van der Waals surface area contributed by atoms with Crippen LogP contribution >= 0.6 is 0 Å². The summed E-state index contributed by atoms with van der Waals surface area (Å²) in [4.78, 5) is 4.63. The van der Waals surface area contributed by atoms with E-state index in [1.54, 1.807) is 41.6 Å². The Morgan fingerprint density at radius 1 is 0.647 bits per heavy atom. The number of hydrogen-bond donors (Lipinski definition) is 2. The summed E-state index contributed by atoms with van der Waals surface area (Å²) in [5.74, 6) is 4.12. The summed E-state index contributed by atoms with van der Waals surface area (Å²) in [6.07, 6.45) is 2.86. The first-order valence-electron chi connectivity index (χ1n) is 17.1. The Balaban J connectivity index is 1.35. The zero-order valence-electron chi connectivity index (χ0n) is 30.5. The molecular formula is C40H46N2O9. The van der Waals surface area contributed by atoms with Gasteiger partial charge in [0.25, 0.3) is 0 Å². The molecule has 2 N–H and O–H groups in total. The van der Waals surface area contributed by atoms with Crippen LogP contribution < -0.4 is 33.2 Å². The predicted molar refractivity (Wildman–Crippen MR) is 193 cm³/mol. The van der Waals surface area contributed by atoms with Crippen molar-refractivity contribution < 1.29 is 43.4 Å². The second-order valence-corrected chi connectivity index (χ2v) is 13.4. The van der Waals surface area contributed by atoms with E-state index < -0.39 is 0 Å². The molecule has 0 aromatic heterocycles. The van der Waals surface area contributed by atoms with Gasteiger partial charge in [0.2, 0.25) is 5.75 Å². The maximum atomic E-state index is 11.8. The van der Waals surface area contributed by atoms with E-state index in [-0.39, 0.29) is 29.3 Å². The molecule has 4 aromatic carbocycles. The zero-order chi connectivity index (χ0) is 36.1. The van der Waals surface area contributed by atoms with Gasteiger partial charge in [-0.05, 0) is 86.3 Å². The van der Waals surface area contributed by atoms with Gasteiger partial charge in [0.05, 0.1) is 42.7 Å². The normalized spacial score (nSPS) is 17.9. The topological polar surface area (TPSA) is 112 Å². The largest absolute Gasteiger partial charge is 0.504 e. The van der Waals surface area contributed by atoms with Crippen LogP contribution in [0.15, 0.2) is 36.4 Å². The van der Waals surface area contributed by atoms with Gasteiger partial charge >= 0.3 is 0 Å². The number of methoxy groups -OCH3 is 6. The number of aromatic hydroxyl groups is 2. The lowest BCUT2D eigenvalue weighted by Gasteiger charge is -2.41. The van der Waals surface area contributed by atoms with Crippen molar-refractivity contribution in [1.29, 1.82) is 0 Å². The Labute approximate surface area is 298 Å². The minimum Gasteiger partial charge on any atom is -0.504 e. The fraction of sp³-hybridized carbons (Fsp3) is 0.400. The molecule has 11 nitrogen and oxygen atoms in total. The molecule has 0 amide bonds. The maximum absolute atomic E-state index is 11.8. The summed E-state index contributed by atoms with van der Waals surface area (Å²) in [5, 5.41) is 22.5. The van der Waals surface area contributed by atoms with Gasteiger partial charge in [0, 0.05) is 53.5 Å². The molecule has 0 fully saturated rings. The number of phenols is 2. The number of ether oxygens (including phenoxy) is 7. The summed E-state index contributed by atoms with van der Waals surface area (Å²) in [6, 6.07) is 11.5. The van der Waals surface area contributed by atoms with Crippen molar-refractivity contribution in [1.82, 2.24) is 9.80 Å². The van der Waals surface area contributed by atoms with Crippen LogP contribution in [0.25, 0.3) is 11.1 Å². The first-order chi connectivity index (χ1) is 24.7. The molecule has 2 heterocycles. The maximum Gasteiger partial charge on any atom is 0.204 e. The quantitative estimate of drug-likeness (QED) is 0.190. The van der Waals surface area contributed by atoms with Gasteiger partial charge in [0.15, 0.2) is 46.0 Å². The van der Waals surface area contributed by atoms with Gasteiger partial charge in [-0.3, -0.25) is 9.80 Å². The average molecular weight is 699 g/mol. The molecule has 3 aliphatic rings. The molecule has 0 bridgehead atoms. The van der Waals surface area contributed by atoms with Crippen LogP contribution in [0.1, 0.15) is 45.5 Å². The van der Waals surface area contributed by atoms with E-state index in [1.165, 1.54) is 12.7 Å². The van der Waals surface area contributed by atoms with E-state index in [0.717, 1.165) is 59.3 Å². The highest BCUT2D eigenvalue weighted by Crippen LogP contribution is 2.61. The van der Waals surface area contributed by atoms with E-state index in [4.69, 9.17) is 33.2 Å². The number of hydrogen-bond acceptors (Lipinski definition) is 11. The molecule has 11 heteroatoms. The molecule has 0 unspecified atom stereocenters. The third-order valence-corrected chi connectivity index (χ3v) is 10.8. The summed E-state index contributed by atoms with van der Waals surface area (Å²) in [7, 11) is 13.8. The van der Waals surface area contributed by atoms with Gasteiger partial charge in [-0.25, -0.2) is 0 Å². The van der Waals surface area contributed by atoms with Crippen molar-refractivity contribution in [2.45, 2.75) is 37.8 Å². The number of likely N-dealkylation sites (N-methyl/N-ethyl adjacent to an activating group) is 2. The first kappa shape index (κ1) is 34.4. The van der Waals surface area contributed by atoms with Gasteiger partial charge in [0.1, 0.15) is 5.75 Å². The van der Waals surface area contributed by atoms with E-state index in [2.05, 4.69) is 23.9 Å². The van der Waals surface area contributed by atoms with Gasteiger partial charge < -0.3 is 43.4 Å². The molecule has 0 saturated carbocycles. The van der Waals surface area contributed by atoms with Crippen LogP contribution in [0.5, 0.6) is 57.5 Å². The average Bonchev–Trinajstić information content (AvgIpc) is 3.14. The van der Waals surface area contributed by atoms with Gasteiger partial charge in [-0.15, -0.1) is 0 Å². The van der Waals surface area contributed by atoms with Crippen molar-refractivity contribution in [2.24, 2.45) is 0 Å². The molecule has 270 valence electrons. The van der Waals surface area contributed by atoms with Crippen molar-refractivity contribution in [3.8, 4) is 68.6 Å². The van der Waals surface area contributed by atoms with Crippen LogP contribution in [0.4, 0.5) is 0 Å². The summed E-state index contributed by atoms with van der Waals surface area (Å²) in [6.45, 7) is 1.69. The zero-order valence-corrected chi connectivity index (χ0v) is 30.5. The third kappa shape index (κ3) is 5.59. The smallest absolute Gasteiger partial charge is 0.204 e. The van der Waals surface area contributed by atoms with E-state index >= 15 is 0 Å². The minimum absolute atomic E-state index is 0.00107. The standard InChI is InChI=1S/C40H46N2O9/c1-41-13-11-22-17-31(46-4)28(43)19-24(22)26(41)15-21-9-10-29(45-3)32(16-21)51-30-20-33(47-5)37(44)35-25(30)18-27-34-23(12-14-42(27)2)38(48-6)40(50-8)39(49-7)36(34)35/h9-10,16-17,19-20,26-27,43-44H,11-15,18H2,1-8H3/t26-,27-/m0/s1. The van der Waals surface area contributed by atoms with E-state index in [9.17, 15) is 10.2 Å². The lowest BCUT2D eigenvalue weighted by molar-refractivity contribution is 0.220. The molecule has 1 aliphatic carbocycles. The van der Waals surface area contributed by atoms with Crippen molar-refractivity contribution >= 4 is 0 Å². The first-order valence-corrected chi connectivity index (χ1v) is 17.1. The Kier molecular flexibility index (Phi) is 9.19. The highest BCUT2D eigenvalue weighted by Gasteiger charge is 2.42. The van der Waals surface area contributed by atoms with Crippen LogP contribution in [0, 0.1) is 0 Å². The second-order valence-electron chi connectivity index (χ2n) is 13.4. The minimum atomic E-state index is -0.0368. The molecule has 7 rings (SSSR count). The molecule has 0 saturated heterocycles. The second kappa shape index (κ2) is 13.6. The summed E-state index contributed by atoms with van der Waals surface area (Å²) in [5.41, 5.74) is 7.49. The Bertz CT molecular complexity index is 1990. The SMILES string of the molecule is COc1cc2c(cc1O)[C@H](Cc1ccc(OC)c(Oc3cc(OC)c(O)c4c3C[C@H]3c5c(c(OC)c(OC)c(OC)c5-4)CCN3C)c1)N(C)CC2. The van der Waals surface area contributed by atoms with Crippen LogP contribution in [0.2, 0.25) is 0 Å². The molecule has 0 spiro atoms. The molecule has 0 radical (unpaired) electrons. The Morgan fingerprint density at radius 2 is 1.35 bits per heavy atom. The number of rotatable bonds is 10. The number of phenolic OH excluding ortho intramolecular Hbond substituents is 2. The van der Waals surface area contributed by atoms with Gasteiger partial charge in [-0.1, -0.05) is 6.07 Å². The molecule has 2 aliphatic heterocycles. The van der Waals surface area contributed by atoms with Crippen molar-refractivity contribution in [3.05, 3.63) is 69.8 Å². The molecule has 2 atom stereocenters. The van der Waals surface area contributed by atoms with Crippen LogP contribution in [-0.2, 0) is 25.7 Å². The number of nitrogens with zero attached hydrogens (tertiary/aromatic N) is 2. The Morgan fingerprint density at radius 3 is 2.04 bits per heavy atom. The number of fused-ring (bicyclic) bond motifs is 3. The molecule has 4 aromatic rings. The molecular weight excluding hydrogens is 652 g/mol. The van der Waals surface area contributed by atoms with Crippen LogP contribution in [0.3, 0.4) is 0 Å². The fourth-order valence-corrected chi connectivity index (χ4v) is 8.25. The highest BCUT2D eigenvalue weighted by atomic mass is 16.5. The number of benzene rings is 4. The lowest BCUT2D eigenvalue weighted by Crippen LogP contribution is -2.36. The summed E-state index contributed by atoms with van der Waals surface area (Å²) >= 11 is 0. The van der Waals surface area contributed by atoms with Crippen molar-refractivity contribution in [2.75, 3.05) is 69.8 Å². The van der Waals surface area contributed by atoms with Crippen molar-refractivity contribution in [3.63, 3.8) is 0 Å².